The normalized spacial score (nSPS) is 10.1. The Balaban J connectivity index is 1.91. The third kappa shape index (κ3) is 3.40. The molecule has 0 atom stereocenters. The number of pyridine rings is 1. The van der Waals surface area contributed by atoms with Crippen LogP contribution in [0.5, 0.6) is 5.88 Å². The quantitative estimate of drug-likeness (QED) is 0.918. The van der Waals surface area contributed by atoms with Gasteiger partial charge in [-0.25, -0.2) is 4.98 Å². The number of ether oxygens (including phenoxy) is 1. The van der Waals surface area contributed by atoms with Gasteiger partial charge in [-0.15, -0.1) is 0 Å². The zero-order chi connectivity index (χ0) is 12.8. The Morgan fingerprint density at radius 1 is 1.33 bits per heavy atom. The van der Waals surface area contributed by atoms with E-state index in [1.54, 1.807) is 19.5 Å². The largest absolute Gasteiger partial charge is 0.480 e. The van der Waals surface area contributed by atoms with Crippen LogP contribution < -0.4 is 10.1 Å². The van der Waals surface area contributed by atoms with E-state index >= 15 is 0 Å². The molecule has 94 valence electrons. The van der Waals surface area contributed by atoms with E-state index in [-0.39, 0.29) is 0 Å². The van der Waals surface area contributed by atoms with E-state index in [4.69, 9.17) is 4.74 Å². The molecule has 6 heteroatoms. The lowest BCUT2D eigenvalue weighted by Gasteiger charge is -2.06. The average Bonchev–Trinajstić information content (AvgIpc) is 2.42. The van der Waals surface area contributed by atoms with E-state index in [1.165, 1.54) is 0 Å². The second kappa shape index (κ2) is 6.30. The fourth-order valence-corrected chi connectivity index (χ4v) is 1.78. The molecule has 0 amide bonds. The van der Waals surface area contributed by atoms with Gasteiger partial charge in [0.25, 0.3) is 0 Å². The summed E-state index contributed by atoms with van der Waals surface area (Å²) in [6.07, 6.45) is 4.27. The summed E-state index contributed by atoms with van der Waals surface area (Å²) in [6.45, 7) is 0.724. The van der Waals surface area contributed by atoms with Gasteiger partial charge in [0.2, 0.25) is 11.8 Å². The SMILES string of the molecule is COc1nc(NCCc2ccccn2)ncc1Br. The number of nitrogens with one attached hydrogen (secondary N) is 1. The number of methoxy groups -OCH3 is 1. The highest BCUT2D eigenvalue weighted by Crippen LogP contribution is 2.21. The molecule has 0 saturated carbocycles. The van der Waals surface area contributed by atoms with Crippen molar-refractivity contribution in [2.24, 2.45) is 0 Å². The predicted molar refractivity (Wildman–Crippen MR) is 72.7 cm³/mol. The molecule has 0 aliphatic carbocycles. The van der Waals surface area contributed by atoms with Crippen molar-refractivity contribution in [3.63, 3.8) is 0 Å². The molecule has 2 aromatic rings. The molecular formula is C12H13BrN4O. The summed E-state index contributed by atoms with van der Waals surface area (Å²) in [5.74, 6) is 1.07. The lowest BCUT2D eigenvalue weighted by Crippen LogP contribution is -2.09. The van der Waals surface area contributed by atoms with Gasteiger partial charge in [0, 0.05) is 24.9 Å². The van der Waals surface area contributed by atoms with Crippen LogP contribution in [0.2, 0.25) is 0 Å². The van der Waals surface area contributed by atoms with Gasteiger partial charge in [-0.05, 0) is 28.1 Å². The van der Waals surface area contributed by atoms with Crippen molar-refractivity contribution in [1.29, 1.82) is 0 Å². The van der Waals surface area contributed by atoms with Crippen molar-refractivity contribution in [1.82, 2.24) is 15.0 Å². The van der Waals surface area contributed by atoms with E-state index in [1.807, 2.05) is 18.2 Å². The minimum Gasteiger partial charge on any atom is -0.480 e. The third-order valence-corrected chi connectivity index (χ3v) is 2.84. The van der Waals surface area contributed by atoms with Crippen LogP contribution in [-0.2, 0) is 6.42 Å². The summed E-state index contributed by atoms with van der Waals surface area (Å²) in [6, 6.07) is 5.87. The van der Waals surface area contributed by atoms with E-state index < -0.39 is 0 Å². The van der Waals surface area contributed by atoms with Crippen LogP contribution >= 0.6 is 15.9 Å². The first-order valence-electron chi connectivity index (χ1n) is 5.50. The number of anilines is 1. The van der Waals surface area contributed by atoms with Crippen molar-refractivity contribution in [3.05, 3.63) is 40.8 Å². The van der Waals surface area contributed by atoms with Crippen LogP contribution in [0.4, 0.5) is 5.95 Å². The van der Waals surface area contributed by atoms with E-state index in [2.05, 4.69) is 36.2 Å². The Kier molecular flexibility index (Phi) is 4.46. The molecule has 2 rings (SSSR count). The van der Waals surface area contributed by atoms with Crippen LogP contribution in [-0.4, -0.2) is 28.6 Å². The zero-order valence-corrected chi connectivity index (χ0v) is 11.5. The maximum atomic E-state index is 5.10. The fraction of sp³-hybridized carbons (Fsp3) is 0.250. The van der Waals surface area contributed by atoms with E-state index in [0.29, 0.717) is 11.8 Å². The molecule has 0 bridgehead atoms. The van der Waals surface area contributed by atoms with E-state index in [0.717, 1.165) is 23.1 Å². The van der Waals surface area contributed by atoms with Crippen molar-refractivity contribution in [2.45, 2.75) is 6.42 Å². The lowest BCUT2D eigenvalue weighted by atomic mass is 10.3. The Bertz CT molecular complexity index is 507. The molecule has 0 aliphatic rings. The van der Waals surface area contributed by atoms with Crippen molar-refractivity contribution < 1.29 is 4.74 Å². The number of aromatic nitrogens is 3. The molecule has 0 aromatic carbocycles. The van der Waals surface area contributed by atoms with Gasteiger partial charge in [-0.2, -0.15) is 4.98 Å². The molecule has 0 aliphatic heterocycles. The molecule has 2 heterocycles. The standard InChI is InChI=1S/C12H13BrN4O/c1-18-11-10(13)8-16-12(17-11)15-7-5-9-4-2-3-6-14-9/h2-4,6,8H,5,7H2,1H3,(H,15,16,17). The Hall–Kier alpha value is -1.69. The Morgan fingerprint density at radius 2 is 2.22 bits per heavy atom. The van der Waals surface area contributed by atoms with Crippen LogP contribution in [0.15, 0.2) is 35.1 Å². The molecule has 2 aromatic heterocycles. The summed E-state index contributed by atoms with van der Waals surface area (Å²) in [5, 5.41) is 3.13. The minimum atomic E-state index is 0.519. The van der Waals surface area contributed by atoms with Crippen molar-refractivity contribution in [2.75, 3.05) is 19.0 Å². The Morgan fingerprint density at radius 3 is 2.94 bits per heavy atom. The molecule has 0 unspecified atom stereocenters. The van der Waals surface area contributed by atoms with Crippen molar-refractivity contribution >= 4 is 21.9 Å². The molecule has 1 N–H and O–H groups in total. The Labute approximate surface area is 114 Å². The zero-order valence-electron chi connectivity index (χ0n) is 9.93. The maximum absolute atomic E-state index is 5.10. The lowest BCUT2D eigenvalue weighted by molar-refractivity contribution is 0.394. The highest BCUT2D eigenvalue weighted by molar-refractivity contribution is 9.10. The highest BCUT2D eigenvalue weighted by atomic mass is 79.9. The molecule has 18 heavy (non-hydrogen) atoms. The van der Waals surface area contributed by atoms with Gasteiger partial charge in [0.05, 0.1) is 17.8 Å². The predicted octanol–water partition coefficient (Wildman–Crippen LogP) is 2.30. The van der Waals surface area contributed by atoms with Gasteiger partial charge in [0.1, 0.15) is 0 Å². The molecule has 0 radical (unpaired) electrons. The second-order valence-corrected chi connectivity index (χ2v) is 4.40. The number of nitrogens with zero attached hydrogens (tertiary/aromatic N) is 3. The van der Waals surface area contributed by atoms with Crippen LogP contribution in [0.3, 0.4) is 0 Å². The van der Waals surface area contributed by atoms with Gasteiger partial charge in [-0.1, -0.05) is 6.07 Å². The first-order valence-corrected chi connectivity index (χ1v) is 6.29. The first-order chi connectivity index (χ1) is 8.79. The van der Waals surface area contributed by atoms with E-state index in [9.17, 15) is 0 Å². The topological polar surface area (TPSA) is 59.9 Å². The van der Waals surface area contributed by atoms with Gasteiger partial charge in [0.15, 0.2) is 0 Å². The summed E-state index contributed by atoms with van der Waals surface area (Å²) in [5.41, 5.74) is 1.04. The molecule has 0 spiro atoms. The third-order valence-electron chi connectivity index (χ3n) is 2.30. The summed E-state index contributed by atoms with van der Waals surface area (Å²) < 4.78 is 5.84. The smallest absolute Gasteiger partial charge is 0.232 e. The van der Waals surface area contributed by atoms with Crippen molar-refractivity contribution in [3.8, 4) is 5.88 Å². The minimum absolute atomic E-state index is 0.519. The number of halogens is 1. The molecule has 5 nitrogen and oxygen atoms in total. The fourth-order valence-electron chi connectivity index (χ4n) is 1.43. The molecule has 0 fully saturated rings. The van der Waals surface area contributed by atoms with Gasteiger partial charge in [-0.3, -0.25) is 4.98 Å². The summed E-state index contributed by atoms with van der Waals surface area (Å²) in [7, 11) is 1.57. The molecule has 0 saturated heterocycles. The monoisotopic (exact) mass is 308 g/mol. The average molecular weight is 309 g/mol. The maximum Gasteiger partial charge on any atom is 0.232 e. The number of rotatable bonds is 5. The number of hydrogen-bond acceptors (Lipinski definition) is 5. The summed E-state index contributed by atoms with van der Waals surface area (Å²) in [4.78, 5) is 12.6. The van der Waals surface area contributed by atoms with Crippen LogP contribution in [0.25, 0.3) is 0 Å². The summed E-state index contributed by atoms with van der Waals surface area (Å²) >= 11 is 3.31. The second-order valence-electron chi connectivity index (χ2n) is 3.55. The van der Waals surface area contributed by atoms with Gasteiger partial charge < -0.3 is 10.1 Å². The van der Waals surface area contributed by atoms with Crippen LogP contribution in [0.1, 0.15) is 5.69 Å². The molecular weight excluding hydrogens is 296 g/mol. The van der Waals surface area contributed by atoms with Gasteiger partial charge >= 0.3 is 0 Å². The highest BCUT2D eigenvalue weighted by Gasteiger charge is 2.04. The first kappa shape index (κ1) is 12.8. The van der Waals surface area contributed by atoms with Crippen LogP contribution in [0, 0.1) is 0 Å². The number of hydrogen-bond donors (Lipinski definition) is 1.